The number of nitrogens with two attached hydrogens (primary N) is 1. The molecule has 98 valence electrons. The van der Waals surface area contributed by atoms with Gasteiger partial charge in [0.15, 0.2) is 0 Å². The van der Waals surface area contributed by atoms with Crippen molar-refractivity contribution >= 4 is 11.8 Å². The van der Waals surface area contributed by atoms with E-state index in [2.05, 4.69) is 18.2 Å². The second-order valence-electron chi connectivity index (χ2n) is 4.80. The van der Waals surface area contributed by atoms with Crippen LogP contribution < -0.4 is 10.5 Å². The molecular formula is C14H19NO2S. The van der Waals surface area contributed by atoms with Crippen LogP contribution in [0.5, 0.6) is 5.75 Å². The second-order valence-corrected chi connectivity index (χ2v) is 5.95. The average Bonchev–Trinajstić information content (AvgIpc) is 2.47. The summed E-state index contributed by atoms with van der Waals surface area (Å²) in [5, 5.41) is 0. The molecular weight excluding hydrogens is 246 g/mol. The van der Waals surface area contributed by atoms with Crippen LogP contribution in [0.2, 0.25) is 0 Å². The topological polar surface area (TPSA) is 44.5 Å². The van der Waals surface area contributed by atoms with Gasteiger partial charge in [-0.2, -0.15) is 11.8 Å². The summed E-state index contributed by atoms with van der Waals surface area (Å²) in [4.78, 5) is 0. The molecule has 1 fully saturated rings. The first-order valence-corrected chi connectivity index (χ1v) is 7.71. The van der Waals surface area contributed by atoms with E-state index in [0.717, 1.165) is 48.9 Å². The van der Waals surface area contributed by atoms with Gasteiger partial charge >= 0.3 is 0 Å². The van der Waals surface area contributed by atoms with Crippen LogP contribution >= 0.6 is 11.8 Å². The van der Waals surface area contributed by atoms with Gasteiger partial charge in [0, 0.05) is 17.1 Å². The summed E-state index contributed by atoms with van der Waals surface area (Å²) in [6.45, 7) is 1.61. The lowest BCUT2D eigenvalue weighted by atomic mass is 9.96. The smallest absolute Gasteiger partial charge is 0.127 e. The molecule has 1 saturated heterocycles. The van der Waals surface area contributed by atoms with Gasteiger partial charge in [0.1, 0.15) is 5.75 Å². The van der Waals surface area contributed by atoms with Crippen molar-refractivity contribution in [3.05, 3.63) is 29.3 Å². The molecule has 4 heteroatoms. The molecule has 2 aliphatic rings. The molecule has 2 unspecified atom stereocenters. The zero-order chi connectivity index (χ0) is 12.4. The Morgan fingerprint density at radius 2 is 2.28 bits per heavy atom. The Labute approximate surface area is 112 Å². The second kappa shape index (κ2) is 5.51. The molecule has 3 rings (SSSR count). The van der Waals surface area contributed by atoms with Crippen molar-refractivity contribution < 1.29 is 9.47 Å². The highest BCUT2D eigenvalue weighted by Gasteiger charge is 2.27. The van der Waals surface area contributed by atoms with E-state index in [1.807, 2.05) is 11.8 Å². The summed E-state index contributed by atoms with van der Waals surface area (Å²) in [7, 11) is 0. The minimum atomic E-state index is -0.0779. The van der Waals surface area contributed by atoms with Crippen molar-refractivity contribution in [1.82, 2.24) is 0 Å². The first-order chi connectivity index (χ1) is 8.86. The molecule has 18 heavy (non-hydrogen) atoms. The van der Waals surface area contributed by atoms with Gasteiger partial charge in [0.25, 0.3) is 0 Å². The van der Waals surface area contributed by atoms with Crippen molar-refractivity contribution in [1.29, 1.82) is 0 Å². The van der Waals surface area contributed by atoms with Crippen LogP contribution in [0.3, 0.4) is 0 Å². The lowest BCUT2D eigenvalue weighted by Gasteiger charge is -2.30. The van der Waals surface area contributed by atoms with E-state index in [1.54, 1.807) is 0 Å². The predicted molar refractivity (Wildman–Crippen MR) is 74.3 cm³/mol. The highest BCUT2D eigenvalue weighted by Crippen LogP contribution is 2.35. The molecule has 2 N–H and O–H groups in total. The number of hydrogen-bond donors (Lipinski definition) is 1. The van der Waals surface area contributed by atoms with Crippen molar-refractivity contribution in [3.63, 3.8) is 0 Å². The summed E-state index contributed by atoms with van der Waals surface area (Å²) in [6, 6.07) is 6.22. The summed E-state index contributed by atoms with van der Waals surface area (Å²) in [6.07, 6.45) is 2.30. The maximum Gasteiger partial charge on any atom is 0.127 e. The average molecular weight is 265 g/mol. The lowest BCUT2D eigenvalue weighted by molar-refractivity contribution is 0.0560. The molecule has 0 aromatic heterocycles. The van der Waals surface area contributed by atoms with Crippen molar-refractivity contribution in [2.75, 3.05) is 24.7 Å². The van der Waals surface area contributed by atoms with Crippen LogP contribution in [0.15, 0.2) is 18.2 Å². The lowest BCUT2D eigenvalue weighted by Crippen LogP contribution is -2.35. The number of benzene rings is 1. The number of aryl methyl sites for hydroxylation is 1. The molecule has 0 aliphatic carbocycles. The minimum Gasteiger partial charge on any atom is -0.493 e. The van der Waals surface area contributed by atoms with Crippen LogP contribution in [-0.2, 0) is 11.2 Å². The Bertz CT molecular complexity index is 418. The van der Waals surface area contributed by atoms with E-state index < -0.39 is 0 Å². The zero-order valence-electron chi connectivity index (χ0n) is 10.4. The van der Waals surface area contributed by atoms with Gasteiger partial charge in [0.2, 0.25) is 0 Å². The Morgan fingerprint density at radius 1 is 1.33 bits per heavy atom. The Morgan fingerprint density at radius 3 is 3.11 bits per heavy atom. The van der Waals surface area contributed by atoms with Gasteiger partial charge in [-0.1, -0.05) is 18.2 Å². The van der Waals surface area contributed by atoms with Gasteiger partial charge in [-0.15, -0.1) is 0 Å². The van der Waals surface area contributed by atoms with Crippen LogP contribution in [0.1, 0.15) is 23.6 Å². The number of ether oxygens (including phenoxy) is 2. The van der Waals surface area contributed by atoms with Crippen molar-refractivity contribution in [3.8, 4) is 5.75 Å². The standard InChI is InChI=1S/C14H19NO2S/c15-13(12-9-18-8-7-16-12)11-5-1-3-10-4-2-6-17-14(10)11/h1,3,5,12-13H,2,4,6-9,15H2. The third kappa shape index (κ3) is 2.37. The van der Waals surface area contributed by atoms with Gasteiger partial charge in [-0.05, 0) is 18.4 Å². The number of rotatable bonds is 2. The quantitative estimate of drug-likeness (QED) is 0.890. The highest BCUT2D eigenvalue weighted by molar-refractivity contribution is 7.99. The van der Waals surface area contributed by atoms with Crippen molar-refractivity contribution in [2.45, 2.75) is 25.0 Å². The highest BCUT2D eigenvalue weighted by atomic mass is 32.2. The van der Waals surface area contributed by atoms with Gasteiger partial charge in [-0.3, -0.25) is 0 Å². The van der Waals surface area contributed by atoms with E-state index >= 15 is 0 Å². The number of hydrogen-bond acceptors (Lipinski definition) is 4. The fraction of sp³-hybridized carbons (Fsp3) is 0.571. The third-order valence-electron chi connectivity index (χ3n) is 3.57. The monoisotopic (exact) mass is 265 g/mol. The molecule has 0 amide bonds. The van der Waals surface area contributed by atoms with Gasteiger partial charge in [0.05, 0.1) is 25.4 Å². The molecule has 2 heterocycles. The molecule has 0 bridgehead atoms. The minimum absolute atomic E-state index is 0.0779. The molecule has 3 nitrogen and oxygen atoms in total. The molecule has 2 atom stereocenters. The zero-order valence-corrected chi connectivity index (χ0v) is 11.2. The Balaban J connectivity index is 1.86. The first kappa shape index (κ1) is 12.3. The van der Waals surface area contributed by atoms with E-state index in [-0.39, 0.29) is 12.1 Å². The molecule has 2 aliphatic heterocycles. The number of thioether (sulfide) groups is 1. The van der Waals surface area contributed by atoms with Crippen LogP contribution in [0, 0.1) is 0 Å². The Hall–Kier alpha value is -0.710. The summed E-state index contributed by atoms with van der Waals surface area (Å²) in [5.74, 6) is 3.06. The predicted octanol–water partition coefficient (Wildman–Crippen LogP) is 2.14. The summed E-state index contributed by atoms with van der Waals surface area (Å²) >= 11 is 1.92. The molecule has 0 saturated carbocycles. The SMILES string of the molecule is NC(c1cccc2c1OCCC2)C1CSCCO1. The van der Waals surface area contributed by atoms with Gasteiger partial charge in [-0.25, -0.2) is 0 Å². The molecule has 0 spiro atoms. The fourth-order valence-corrected chi connectivity index (χ4v) is 3.51. The van der Waals surface area contributed by atoms with E-state index in [9.17, 15) is 0 Å². The van der Waals surface area contributed by atoms with Crippen molar-refractivity contribution in [2.24, 2.45) is 5.73 Å². The number of fused-ring (bicyclic) bond motifs is 1. The molecule has 1 aromatic rings. The first-order valence-electron chi connectivity index (χ1n) is 6.56. The third-order valence-corrected chi connectivity index (χ3v) is 4.58. The molecule has 1 aromatic carbocycles. The summed E-state index contributed by atoms with van der Waals surface area (Å²) in [5.41, 5.74) is 8.78. The van der Waals surface area contributed by atoms with Crippen LogP contribution in [0.25, 0.3) is 0 Å². The fourth-order valence-electron chi connectivity index (χ4n) is 2.59. The largest absolute Gasteiger partial charge is 0.493 e. The number of para-hydroxylation sites is 1. The normalized spacial score (nSPS) is 25.1. The maximum absolute atomic E-state index is 6.38. The van der Waals surface area contributed by atoms with E-state index in [1.165, 1.54) is 5.56 Å². The van der Waals surface area contributed by atoms with Crippen LogP contribution in [0.4, 0.5) is 0 Å². The van der Waals surface area contributed by atoms with Crippen LogP contribution in [-0.4, -0.2) is 30.8 Å². The Kier molecular flexibility index (Phi) is 3.77. The molecule has 0 radical (unpaired) electrons. The maximum atomic E-state index is 6.38. The van der Waals surface area contributed by atoms with E-state index in [4.69, 9.17) is 15.2 Å². The summed E-state index contributed by atoms with van der Waals surface area (Å²) < 4.78 is 11.6. The van der Waals surface area contributed by atoms with E-state index in [0.29, 0.717) is 0 Å². The van der Waals surface area contributed by atoms with Gasteiger partial charge < -0.3 is 15.2 Å².